The molecule has 1 atom stereocenters. The van der Waals surface area contributed by atoms with Gasteiger partial charge in [0.15, 0.2) is 0 Å². The maximum Gasteiger partial charge on any atom is 0.0717 e. The lowest BCUT2D eigenvalue weighted by Crippen LogP contribution is -1.99. The summed E-state index contributed by atoms with van der Waals surface area (Å²) >= 11 is 7.48. The predicted molar refractivity (Wildman–Crippen MR) is 104 cm³/mol. The molecule has 2 aromatic heterocycles. The fourth-order valence-electron chi connectivity index (χ4n) is 2.62. The topological polar surface area (TPSA) is 25.8 Å². The molecule has 1 aromatic carbocycles. The second-order valence-electron chi connectivity index (χ2n) is 6.09. The van der Waals surface area contributed by atoms with E-state index in [4.69, 9.17) is 4.98 Å². The van der Waals surface area contributed by atoms with Crippen LogP contribution in [0.25, 0.3) is 22.0 Å². The third-order valence-corrected chi connectivity index (χ3v) is 5.29. The van der Waals surface area contributed by atoms with Gasteiger partial charge in [-0.15, -0.1) is 0 Å². The summed E-state index contributed by atoms with van der Waals surface area (Å²) in [7, 11) is 0. The average molecular weight is 434 g/mol. The predicted octanol–water partition coefficient (Wildman–Crippen LogP) is 6.54. The van der Waals surface area contributed by atoms with Gasteiger partial charge in [-0.25, -0.2) is 0 Å². The van der Waals surface area contributed by atoms with Gasteiger partial charge in [0.25, 0.3) is 0 Å². The van der Waals surface area contributed by atoms with Crippen molar-refractivity contribution in [1.82, 2.24) is 9.97 Å². The van der Waals surface area contributed by atoms with E-state index in [1.807, 2.05) is 24.5 Å². The first-order valence-electron chi connectivity index (χ1n) is 7.69. The molecule has 0 N–H and O–H groups in total. The molecule has 3 aromatic rings. The zero-order valence-corrected chi connectivity index (χ0v) is 16.3. The SMILES string of the molecule is CC(C)CC(Br)c1cc(Br)c2cc(-c3ccncc3)ccc2n1. The number of halogens is 2. The van der Waals surface area contributed by atoms with E-state index in [1.54, 1.807) is 0 Å². The van der Waals surface area contributed by atoms with Gasteiger partial charge in [-0.2, -0.15) is 0 Å². The minimum atomic E-state index is 0.281. The van der Waals surface area contributed by atoms with E-state index < -0.39 is 0 Å². The summed E-state index contributed by atoms with van der Waals surface area (Å²) in [6.07, 6.45) is 4.70. The van der Waals surface area contributed by atoms with Crippen molar-refractivity contribution in [2.24, 2.45) is 5.92 Å². The largest absolute Gasteiger partial charge is 0.265 e. The first kappa shape index (κ1) is 16.6. The molecule has 118 valence electrons. The van der Waals surface area contributed by atoms with Crippen molar-refractivity contribution in [3.63, 3.8) is 0 Å². The molecular formula is C19H18Br2N2. The van der Waals surface area contributed by atoms with Crippen LogP contribution in [0.2, 0.25) is 0 Å². The van der Waals surface area contributed by atoms with Crippen LogP contribution in [0, 0.1) is 5.92 Å². The zero-order valence-electron chi connectivity index (χ0n) is 13.1. The van der Waals surface area contributed by atoms with Crippen molar-refractivity contribution in [2.75, 3.05) is 0 Å². The highest BCUT2D eigenvalue weighted by molar-refractivity contribution is 9.10. The Morgan fingerprint density at radius 1 is 1.00 bits per heavy atom. The minimum absolute atomic E-state index is 0.281. The monoisotopic (exact) mass is 432 g/mol. The normalized spacial score (nSPS) is 12.7. The van der Waals surface area contributed by atoms with Crippen molar-refractivity contribution in [1.29, 1.82) is 0 Å². The number of hydrogen-bond acceptors (Lipinski definition) is 2. The summed E-state index contributed by atoms with van der Waals surface area (Å²) in [4.78, 5) is 9.19. The quantitative estimate of drug-likeness (QED) is 0.436. The lowest BCUT2D eigenvalue weighted by Gasteiger charge is -2.14. The molecule has 4 heteroatoms. The smallest absolute Gasteiger partial charge is 0.0717 e. The summed E-state index contributed by atoms with van der Waals surface area (Å²) in [6.45, 7) is 4.46. The lowest BCUT2D eigenvalue weighted by atomic mass is 10.0. The Morgan fingerprint density at radius 3 is 2.43 bits per heavy atom. The highest BCUT2D eigenvalue weighted by atomic mass is 79.9. The van der Waals surface area contributed by atoms with E-state index in [1.165, 1.54) is 5.56 Å². The molecule has 0 saturated carbocycles. The third kappa shape index (κ3) is 3.81. The van der Waals surface area contributed by atoms with Gasteiger partial charge in [-0.1, -0.05) is 51.8 Å². The third-order valence-electron chi connectivity index (χ3n) is 3.79. The van der Waals surface area contributed by atoms with Gasteiger partial charge in [0.2, 0.25) is 0 Å². The molecule has 23 heavy (non-hydrogen) atoms. The van der Waals surface area contributed by atoms with Crippen LogP contribution in [0.5, 0.6) is 0 Å². The first-order chi connectivity index (χ1) is 11.0. The molecule has 0 bridgehead atoms. The van der Waals surface area contributed by atoms with Gasteiger partial charge < -0.3 is 0 Å². The Balaban J connectivity index is 2.03. The molecule has 0 spiro atoms. The van der Waals surface area contributed by atoms with Gasteiger partial charge in [-0.3, -0.25) is 9.97 Å². The molecule has 0 aliphatic carbocycles. The Labute approximate surface area is 153 Å². The number of hydrogen-bond donors (Lipinski definition) is 0. The number of alkyl halides is 1. The van der Waals surface area contributed by atoms with Crippen LogP contribution in [0.1, 0.15) is 30.8 Å². The Hall–Kier alpha value is -1.26. The van der Waals surface area contributed by atoms with Crippen LogP contribution in [0.4, 0.5) is 0 Å². The molecular weight excluding hydrogens is 416 g/mol. The van der Waals surface area contributed by atoms with Crippen LogP contribution >= 0.6 is 31.9 Å². The molecule has 3 rings (SSSR count). The van der Waals surface area contributed by atoms with Gasteiger partial charge in [0.05, 0.1) is 16.0 Å². The second kappa shape index (κ2) is 7.10. The van der Waals surface area contributed by atoms with Gasteiger partial charge in [0, 0.05) is 22.3 Å². The molecule has 1 unspecified atom stereocenters. The summed E-state index contributed by atoms with van der Waals surface area (Å²) in [5.74, 6) is 0.629. The molecule has 2 nitrogen and oxygen atoms in total. The average Bonchev–Trinajstić information content (AvgIpc) is 2.54. The number of nitrogens with zero attached hydrogens (tertiary/aromatic N) is 2. The Bertz CT molecular complexity index is 816. The van der Waals surface area contributed by atoms with Crippen molar-refractivity contribution in [3.05, 3.63) is 59.0 Å². The van der Waals surface area contributed by atoms with Gasteiger partial charge in [-0.05, 0) is 53.8 Å². The molecule has 0 amide bonds. The van der Waals surface area contributed by atoms with Crippen LogP contribution in [-0.2, 0) is 0 Å². The summed E-state index contributed by atoms with van der Waals surface area (Å²) in [5, 5.41) is 1.13. The van der Waals surface area contributed by atoms with Crippen molar-refractivity contribution < 1.29 is 0 Å². The lowest BCUT2D eigenvalue weighted by molar-refractivity contribution is 0.579. The van der Waals surface area contributed by atoms with E-state index in [9.17, 15) is 0 Å². The molecule has 0 saturated heterocycles. The van der Waals surface area contributed by atoms with E-state index in [-0.39, 0.29) is 4.83 Å². The molecule has 2 heterocycles. The van der Waals surface area contributed by atoms with Crippen molar-refractivity contribution in [2.45, 2.75) is 25.1 Å². The summed E-state index contributed by atoms with van der Waals surface area (Å²) in [5.41, 5.74) is 4.43. The van der Waals surface area contributed by atoms with Crippen molar-refractivity contribution in [3.8, 4) is 11.1 Å². The molecule has 0 aliphatic rings. The zero-order chi connectivity index (χ0) is 16.4. The van der Waals surface area contributed by atoms with Crippen LogP contribution in [0.15, 0.2) is 53.3 Å². The van der Waals surface area contributed by atoms with Crippen LogP contribution in [-0.4, -0.2) is 9.97 Å². The molecule has 0 radical (unpaired) electrons. The first-order valence-corrected chi connectivity index (χ1v) is 9.40. The minimum Gasteiger partial charge on any atom is -0.265 e. The maximum absolute atomic E-state index is 4.83. The summed E-state index contributed by atoms with van der Waals surface area (Å²) < 4.78 is 1.08. The fraction of sp³-hybridized carbons (Fsp3) is 0.263. The number of aromatic nitrogens is 2. The van der Waals surface area contributed by atoms with E-state index in [0.29, 0.717) is 5.92 Å². The number of benzene rings is 1. The highest BCUT2D eigenvalue weighted by Crippen LogP contribution is 2.34. The molecule has 0 fully saturated rings. The number of pyridine rings is 2. The van der Waals surface area contributed by atoms with Crippen molar-refractivity contribution >= 4 is 42.8 Å². The van der Waals surface area contributed by atoms with Crippen LogP contribution in [0.3, 0.4) is 0 Å². The standard InChI is InChI=1S/C19H18Br2N2/c1-12(2)9-17(21)19-11-16(20)15-10-14(3-4-18(15)23-19)13-5-7-22-8-6-13/h3-8,10-12,17H,9H2,1-2H3. The van der Waals surface area contributed by atoms with E-state index in [0.717, 1.165) is 33.1 Å². The molecule has 0 aliphatic heterocycles. The number of rotatable bonds is 4. The Morgan fingerprint density at radius 2 is 1.74 bits per heavy atom. The highest BCUT2D eigenvalue weighted by Gasteiger charge is 2.14. The summed E-state index contributed by atoms with van der Waals surface area (Å²) in [6, 6.07) is 12.6. The van der Waals surface area contributed by atoms with E-state index in [2.05, 4.69) is 75.0 Å². The van der Waals surface area contributed by atoms with Crippen LogP contribution < -0.4 is 0 Å². The second-order valence-corrected chi connectivity index (χ2v) is 8.05. The van der Waals surface area contributed by atoms with Gasteiger partial charge in [0.1, 0.15) is 0 Å². The van der Waals surface area contributed by atoms with Gasteiger partial charge >= 0.3 is 0 Å². The fourth-order valence-corrected chi connectivity index (χ4v) is 4.16. The number of fused-ring (bicyclic) bond motifs is 1. The van der Waals surface area contributed by atoms with E-state index >= 15 is 0 Å². The maximum atomic E-state index is 4.83. The Kier molecular flexibility index (Phi) is 5.12.